The molecule has 0 nitrogen and oxygen atoms in total. The largest absolute Gasteiger partial charge is 0.0987 e. The summed E-state index contributed by atoms with van der Waals surface area (Å²) in [5.41, 5.74) is 12.6. The average molecular weight is 457 g/mol. The lowest BCUT2D eigenvalue weighted by atomic mass is 9.69. The number of benzene rings is 3. The van der Waals surface area contributed by atoms with Crippen LogP contribution in [0, 0.1) is 0 Å². The molecule has 3 aromatic rings. The fourth-order valence-corrected chi connectivity index (χ4v) is 5.92. The molecule has 0 unspecified atom stereocenters. The molecule has 176 valence electrons. The number of rotatable bonds is 3. The van der Waals surface area contributed by atoms with Gasteiger partial charge in [-0.2, -0.15) is 0 Å². The zero-order chi connectivity index (χ0) is 25.0. The van der Waals surface area contributed by atoms with Crippen molar-refractivity contribution in [2.24, 2.45) is 0 Å². The fourth-order valence-electron chi connectivity index (χ4n) is 5.92. The summed E-state index contributed by atoms with van der Waals surface area (Å²) in [7, 11) is 0. The first-order chi connectivity index (χ1) is 17.3. The highest BCUT2D eigenvalue weighted by molar-refractivity contribution is 6.00. The van der Waals surface area contributed by atoms with Gasteiger partial charge in [0, 0.05) is 0 Å². The predicted molar refractivity (Wildman–Crippen MR) is 154 cm³/mol. The molecule has 0 amide bonds. The third kappa shape index (κ3) is 3.51. The number of fused-ring (bicyclic) bond motifs is 7. The van der Waals surface area contributed by atoms with Gasteiger partial charge in [0.1, 0.15) is 0 Å². The van der Waals surface area contributed by atoms with E-state index in [0.717, 1.165) is 18.4 Å². The van der Waals surface area contributed by atoms with E-state index < -0.39 is 0 Å². The standard InChI is InChI=1S/C31H24.2C2H6/c1-3-26-30(21(2)22-13-5-4-6-14-22)25-17-9-12-20-29(25)31(26)27-18-10-7-15-23(27)24-16-8-11-19-28(24)31;2*1-2/h3-5,7-13,15-20H,1-2,6,14H2;2*1-2H3. The quantitative estimate of drug-likeness (QED) is 0.368. The highest BCUT2D eigenvalue weighted by Crippen LogP contribution is 2.63. The molecule has 0 heteroatoms. The molecule has 0 aliphatic heterocycles. The van der Waals surface area contributed by atoms with Gasteiger partial charge in [0.25, 0.3) is 0 Å². The van der Waals surface area contributed by atoms with Gasteiger partial charge in [-0.25, -0.2) is 0 Å². The molecule has 0 saturated heterocycles. The van der Waals surface area contributed by atoms with Crippen LogP contribution in [0.15, 0.2) is 127 Å². The van der Waals surface area contributed by atoms with Gasteiger partial charge >= 0.3 is 0 Å². The Morgan fingerprint density at radius 1 is 0.743 bits per heavy atom. The SMILES string of the molecule is C=CC1=C(C(=C)C2=CC=CCC2)c2ccccc2C12c1ccccc1-c1ccccc12.CC.CC. The Kier molecular flexibility index (Phi) is 7.22. The normalized spacial score (nSPS) is 15.6. The van der Waals surface area contributed by atoms with Crippen molar-refractivity contribution in [1.82, 2.24) is 0 Å². The smallest absolute Gasteiger partial charge is 0.0725 e. The molecule has 0 fully saturated rings. The summed E-state index contributed by atoms with van der Waals surface area (Å²) in [6.45, 7) is 17.0. The molecule has 0 saturated carbocycles. The van der Waals surface area contributed by atoms with E-state index >= 15 is 0 Å². The Bertz CT molecular complexity index is 1310. The lowest BCUT2D eigenvalue weighted by molar-refractivity contribution is 0.786. The van der Waals surface area contributed by atoms with Crippen molar-refractivity contribution in [3.63, 3.8) is 0 Å². The van der Waals surface area contributed by atoms with E-state index in [1.54, 1.807) is 0 Å². The summed E-state index contributed by atoms with van der Waals surface area (Å²) in [6.07, 6.45) is 10.8. The third-order valence-corrected chi connectivity index (χ3v) is 7.13. The fraction of sp³-hybridized carbons (Fsp3) is 0.200. The Hall–Kier alpha value is -3.64. The van der Waals surface area contributed by atoms with Crippen LogP contribution in [0.5, 0.6) is 0 Å². The molecule has 0 radical (unpaired) electrons. The van der Waals surface area contributed by atoms with Gasteiger partial charge in [-0.3, -0.25) is 0 Å². The third-order valence-electron chi connectivity index (χ3n) is 7.13. The Balaban J connectivity index is 0.000000689. The van der Waals surface area contributed by atoms with Crippen LogP contribution in [0.2, 0.25) is 0 Å². The molecular formula is C35H36. The molecule has 6 rings (SSSR count). The van der Waals surface area contributed by atoms with Gasteiger partial charge in [0.05, 0.1) is 5.41 Å². The van der Waals surface area contributed by atoms with Crippen LogP contribution in [0.1, 0.15) is 62.8 Å². The molecule has 1 spiro atoms. The first kappa shape index (κ1) is 24.5. The maximum Gasteiger partial charge on any atom is 0.0725 e. The lowest BCUT2D eigenvalue weighted by Crippen LogP contribution is -2.26. The Morgan fingerprint density at radius 3 is 1.71 bits per heavy atom. The molecule has 3 aliphatic carbocycles. The Labute approximate surface area is 211 Å². The van der Waals surface area contributed by atoms with Crippen molar-refractivity contribution in [3.8, 4) is 11.1 Å². The van der Waals surface area contributed by atoms with Crippen molar-refractivity contribution < 1.29 is 0 Å². The molecule has 0 aromatic heterocycles. The average Bonchev–Trinajstić information content (AvgIpc) is 3.42. The zero-order valence-electron chi connectivity index (χ0n) is 21.6. The van der Waals surface area contributed by atoms with Gasteiger partial charge < -0.3 is 0 Å². The summed E-state index contributed by atoms with van der Waals surface area (Å²) in [5, 5.41) is 0. The molecule has 35 heavy (non-hydrogen) atoms. The first-order valence-electron chi connectivity index (χ1n) is 13.0. The summed E-state index contributed by atoms with van der Waals surface area (Å²) < 4.78 is 0. The van der Waals surface area contributed by atoms with E-state index in [-0.39, 0.29) is 5.41 Å². The maximum absolute atomic E-state index is 4.62. The van der Waals surface area contributed by atoms with Crippen LogP contribution in [0.3, 0.4) is 0 Å². The maximum atomic E-state index is 4.62. The molecular weight excluding hydrogens is 420 g/mol. The second kappa shape index (κ2) is 10.3. The van der Waals surface area contributed by atoms with Gasteiger partial charge in [-0.15, -0.1) is 0 Å². The summed E-state index contributed by atoms with van der Waals surface area (Å²) in [5.74, 6) is 0. The van der Waals surface area contributed by atoms with Gasteiger partial charge in [0.15, 0.2) is 0 Å². The van der Waals surface area contributed by atoms with E-state index in [0.29, 0.717) is 0 Å². The monoisotopic (exact) mass is 456 g/mol. The van der Waals surface area contributed by atoms with Crippen LogP contribution < -0.4 is 0 Å². The second-order valence-corrected chi connectivity index (χ2v) is 8.52. The van der Waals surface area contributed by atoms with E-state index in [2.05, 4.69) is 110 Å². The highest BCUT2D eigenvalue weighted by Gasteiger charge is 2.52. The van der Waals surface area contributed by atoms with Gasteiger partial charge in [-0.05, 0) is 68.5 Å². The van der Waals surface area contributed by atoms with Crippen molar-refractivity contribution in [1.29, 1.82) is 0 Å². The minimum atomic E-state index is -0.338. The van der Waals surface area contributed by atoms with Crippen LogP contribution in [-0.4, -0.2) is 0 Å². The van der Waals surface area contributed by atoms with E-state index in [9.17, 15) is 0 Å². The van der Waals surface area contributed by atoms with Crippen molar-refractivity contribution in [2.45, 2.75) is 46.0 Å². The van der Waals surface area contributed by atoms with Crippen molar-refractivity contribution >= 4 is 5.57 Å². The van der Waals surface area contributed by atoms with Gasteiger partial charge in [-0.1, -0.05) is 138 Å². The highest BCUT2D eigenvalue weighted by atomic mass is 14.5. The summed E-state index contributed by atoms with van der Waals surface area (Å²) >= 11 is 0. The molecule has 0 heterocycles. The first-order valence-corrected chi connectivity index (χ1v) is 13.0. The minimum absolute atomic E-state index is 0.338. The van der Waals surface area contributed by atoms with Crippen LogP contribution in [-0.2, 0) is 5.41 Å². The predicted octanol–water partition coefficient (Wildman–Crippen LogP) is 9.84. The number of allylic oxidation sites excluding steroid dienone is 8. The van der Waals surface area contributed by atoms with Crippen LogP contribution in [0.4, 0.5) is 0 Å². The van der Waals surface area contributed by atoms with E-state index in [1.165, 1.54) is 50.1 Å². The van der Waals surface area contributed by atoms with E-state index in [4.69, 9.17) is 0 Å². The summed E-state index contributed by atoms with van der Waals surface area (Å²) in [4.78, 5) is 0. The lowest BCUT2D eigenvalue weighted by Gasteiger charge is -2.31. The van der Waals surface area contributed by atoms with Crippen LogP contribution >= 0.6 is 0 Å². The molecule has 3 aliphatic rings. The molecule has 3 aromatic carbocycles. The second-order valence-electron chi connectivity index (χ2n) is 8.52. The Morgan fingerprint density at radius 2 is 1.23 bits per heavy atom. The van der Waals surface area contributed by atoms with Crippen molar-refractivity contribution in [2.75, 3.05) is 0 Å². The minimum Gasteiger partial charge on any atom is -0.0987 e. The number of hydrogen-bond donors (Lipinski definition) is 0. The number of hydrogen-bond acceptors (Lipinski definition) is 0. The van der Waals surface area contributed by atoms with Crippen molar-refractivity contribution in [3.05, 3.63) is 149 Å². The topological polar surface area (TPSA) is 0 Å². The molecule has 0 atom stereocenters. The van der Waals surface area contributed by atoms with Crippen LogP contribution in [0.25, 0.3) is 16.7 Å². The molecule has 0 bridgehead atoms. The van der Waals surface area contributed by atoms with E-state index in [1.807, 2.05) is 27.7 Å². The zero-order valence-corrected chi connectivity index (χ0v) is 21.6. The van der Waals surface area contributed by atoms with Gasteiger partial charge in [0.2, 0.25) is 0 Å². The molecule has 0 N–H and O–H groups in total. The summed E-state index contributed by atoms with van der Waals surface area (Å²) in [6, 6.07) is 26.6.